The lowest BCUT2D eigenvalue weighted by atomic mass is 10.2. The topological polar surface area (TPSA) is 69.5 Å². The van der Waals surface area contributed by atoms with E-state index >= 15 is 0 Å². The molecule has 0 aromatic carbocycles. The van der Waals surface area contributed by atoms with E-state index < -0.39 is 6.10 Å². The van der Waals surface area contributed by atoms with Crippen LogP contribution in [0.15, 0.2) is 6.33 Å². The molecule has 1 heterocycles. The van der Waals surface area contributed by atoms with Crippen molar-refractivity contribution < 1.29 is 10.2 Å². The summed E-state index contributed by atoms with van der Waals surface area (Å²) < 4.78 is 0. The largest absolute Gasteiger partial charge is 0.394 e. The van der Waals surface area contributed by atoms with Gasteiger partial charge in [0.15, 0.2) is 0 Å². The van der Waals surface area contributed by atoms with Crippen LogP contribution in [0.25, 0.3) is 0 Å². The van der Waals surface area contributed by atoms with Crippen LogP contribution < -0.4 is 4.90 Å². The third-order valence-corrected chi connectivity index (χ3v) is 2.63. The van der Waals surface area contributed by atoms with E-state index in [-0.39, 0.29) is 6.61 Å². The van der Waals surface area contributed by atoms with Gasteiger partial charge in [-0.3, -0.25) is 0 Å². The summed E-state index contributed by atoms with van der Waals surface area (Å²) in [5.41, 5.74) is 1.94. The summed E-state index contributed by atoms with van der Waals surface area (Å²) in [6.07, 6.45) is 0.778. The van der Waals surface area contributed by atoms with Gasteiger partial charge in [0.2, 0.25) is 0 Å². The van der Waals surface area contributed by atoms with Gasteiger partial charge in [-0.2, -0.15) is 0 Å². The highest BCUT2D eigenvalue weighted by Crippen LogP contribution is 2.17. The second kappa shape index (κ2) is 5.77. The van der Waals surface area contributed by atoms with E-state index in [2.05, 4.69) is 9.97 Å². The number of aliphatic hydroxyl groups excluding tert-OH is 2. The molecule has 0 saturated carbocycles. The fourth-order valence-electron chi connectivity index (χ4n) is 1.52. The quantitative estimate of drug-likeness (QED) is 0.753. The maximum atomic E-state index is 9.45. The molecule has 0 aliphatic rings. The van der Waals surface area contributed by atoms with Crippen molar-refractivity contribution in [3.63, 3.8) is 0 Å². The zero-order chi connectivity index (χ0) is 12.1. The van der Waals surface area contributed by atoms with Crippen molar-refractivity contribution in [2.24, 2.45) is 0 Å². The first kappa shape index (κ1) is 12.9. The molecule has 0 aliphatic heterocycles. The summed E-state index contributed by atoms with van der Waals surface area (Å²) in [6, 6.07) is 0. The Hall–Kier alpha value is -1.20. The first-order chi connectivity index (χ1) is 7.60. The summed E-state index contributed by atoms with van der Waals surface area (Å²) in [7, 11) is 0. The van der Waals surface area contributed by atoms with E-state index in [1.54, 1.807) is 0 Å². The second-order valence-corrected chi connectivity index (χ2v) is 3.78. The normalized spacial score (nSPS) is 12.6. The minimum Gasteiger partial charge on any atom is -0.394 e. The molecule has 16 heavy (non-hydrogen) atoms. The Morgan fingerprint density at radius 3 is 2.62 bits per heavy atom. The van der Waals surface area contributed by atoms with E-state index in [1.165, 1.54) is 6.33 Å². The molecule has 1 rings (SSSR count). The van der Waals surface area contributed by atoms with Gasteiger partial charge in [0, 0.05) is 24.3 Å². The zero-order valence-electron chi connectivity index (χ0n) is 10.0. The molecule has 5 nitrogen and oxygen atoms in total. The predicted molar refractivity (Wildman–Crippen MR) is 62.5 cm³/mol. The summed E-state index contributed by atoms with van der Waals surface area (Å²) in [4.78, 5) is 10.3. The van der Waals surface area contributed by atoms with Crippen LogP contribution in [-0.2, 0) is 0 Å². The van der Waals surface area contributed by atoms with Crippen molar-refractivity contribution in [2.75, 3.05) is 24.6 Å². The highest BCUT2D eigenvalue weighted by atomic mass is 16.3. The van der Waals surface area contributed by atoms with Gasteiger partial charge >= 0.3 is 0 Å². The van der Waals surface area contributed by atoms with Crippen LogP contribution in [0.4, 0.5) is 5.82 Å². The molecule has 0 unspecified atom stereocenters. The van der Waals surface area contributed by atoms with E-state index in [9.17, 15) is 5.11 Å². The fourth-order valence-corrected chi connectivity index (χ4v) is 1.52. The predicted octanol–water partition coefficient (Wildman–Crippen LogP) is 0.273. The number of likely N-dealkylation sites (N-methyl/N-ethyl adjacent to an activating group) is 1. The Bertz CT molecular complexity index is 344. The number of aromatic nitrogens is 2. The van der Waals surface area contributed by atoms with Gasteiger partial charge in [0.1, 0.15) is 12.1 Å². The molecule has 0 spiro atoms. The molecule has 1 aromatic rings. The lowest BCUT2D eigenvalue weighted by Gasteiger charge is -2.25. The van der Waals surface area contributed by atoms with Crippen molar-refractivity contribution in [3.05, 3.63) is 17.6 Å². The second-order valence-electron chi connectivity index (χ2n) is 3.78. The lowest BCUT2D eigenvalue weighted by molar-refractivity contribution is 0.0999. The number of aryl methyl sites for hydroxylation is 1. The van der Waals surface area contributed by atoms with Crippen LogP contribution in [0, 0.1) is 13.8 Å². The van der Waals surface area contributed by atoms with Gasteiger partial charge in [0.25, 0.3) is 0 Å². The first-order valence-electron chi connectivity index (χ1n) is 5.42. The number of nitrogens with zero attached hydrogens (tertiary/aromatic N) is 3. The molecule has 0 saturated heterocycles. The first-order valence-corrected chi connectivity index (χ1v) is 5.42. The van der Waals surface area contributed by atoms with Crippen molar-refractivity contribution in [1.82, 2.24) is 9.97 Å². The molecule has 5 heteroatoms. The highest BCUT2D eigenvalue weighted by Gasteiger charge is 2.14. The smallest absolute Gasteiger partial charge is 0.135 e. The van der Waals surface area contributed by atoms with Crippen LogP contribution in [0.5, 0.6) is 0 Å². The molecule has 0 bridgehead atoms. The number of anilines is 1. The Balaban J connectivity index is 2.90. The monoisotopic (exact) mass is 225 g/mol. The molecular formula is C11H19N3O2. The van der Waals surface area contributed by atoms with Gasteiger partial charge < -0.3 is 15.1 Å². The minimum atomic E-state index is -0.741. The molecule has 90 valence electrons. The number of rotatable bonds is 5. The van der Waals surface area contributed by atoms with Crippen molar-refractivity contribution in [2.45, 2.75) is 26.9 Å². The maximum Gasteiger partial charge on any atom is 0.135 e. The fraction of sp³-hybridized carbons (Fsp3) is 0.636. The molecule has 1 atom stereocenters. The third kappa shape index (κ3) is 2.90. The Labute approximate surface area is 95.8 Å². The van der Waals surface area contributed by atoms with Gasteiger partial charge in [-0.15, -0.1) is 0 Å². The highest BCUT2D eigenvalue weighted by molar-refractivity contribution is 5.47. The Morgan fingerprint density at radius 2 is 2.06 bits per heavy atom. The summed E-state index contributed by atoms with van der Waals surface area (Å²) in [5.74, 6) is 0.822. The van der Waals surface area contributed by atoms with Crippen LogP contribution in [0.1, 0.15) is 18.2 Å². The van der Waals surface area contributed by atoms with Crippen LogP contribution in [-0.4, -0.2) is 46.0 Å². The molecule has 2 N–H and O–H groups in total. The third-order valence-electron chi connectivity index (χ3n) is 2.63. The zero-order valence-corrected chi connectivity index (χ0v) is 10.0. The number of hydrogen-bond donors (Lipinski definition) is 2. The molecule has 0 radical (unpaired) electrons. The number of hydrogen-bond acceptors (Lipinski definition) is 5. The Morgan fingerprint density at radius 1 is 1.38 bits per heavy atom. The van der Waals surface area contributed by atoms with Gasteiger partial charge in [0.05, 0.1) is 12.7 Å². The average molecular weight is 225 g/mol. The van der Waals surface area contributed by atoms with Gasteiger partial charge in [-0.1, -0.05) is 0 Å². The molecule has 0 aliphatic carbocycles. The molecule has 0 amide bonds. The van der Waals surface area contributed by atoms with E-state index in [0.717, 1.165) is 23.6 Å². The molecule has 1 aromatic heterocycles. The Kier molecular flexibility index (Phi) is 4.64. The molecule has 0 fully saturated rings. The minimum absolute atomic E-state index is 0.236. The van der Waals surface area contributed by atoms with E-state index in [0.29, 0.717) is 6.54 Å². The summed E-state index contributed by atoms with van der Waals surface area (Å²) in [6.45, 7) is 6.74. The van der Waals surface area contributed by atoms with E-state index in [4.69, 9.17) is 5.11 Å². The van der Waals surface area contributed by atoms with Gasteiger partial charge in [-0.25, -0.2) is 9.97 Å². The van der Waals surface area contributed by atoms with Crippen LogP contribution in [0.2, 0.25) is 0 Å². The maximum absolute atomic E-state index is 9.45. The molecular weight excluding hydrogens is 206 g/mol. The van der Waals surface area contributed by atoms with Crippen LogP contribution >= 0.6 is 0 Å². The van der Waals surface area contributed by atoms with Crippen LogP contribution in [0.3, 0.4) is 0 Å². The number of aliphatic hydroxyl groups is 2. The van der Waals surface area contributed by atoms with Crippen molar-refractivity contribution >= 4 is 5.82 Å². The SMILES string of the molecule is CCN(C[C@H](O)CO)c1ncnc(C)c1C. The average Bonchev–Trinajstić information content (AvgIpc) is 2.29. The van der Waals surface area contributed by atoms with Crippen molar-refractivity contribution in [3.8, 4) is 0 Å². The summed E-state index contributed by atoms with van der Waals surface area (Å²) >= 11 is 0. The van der Waals surface area contributed by atoms with E-state index in [1.807, 2.05) is 25.7 Å². The van der Waals surface area contributed by atoms with Crippen molar-refractivity contribution in [1.29, 1.82) is 0 Å². The van der Waals surface area contributed by atoms with Gasteiger partial charge in [-0.05, 0) is 20.8 Å². The lowest BCUT2D eigenvalue weighted by Crippen LogP contribution is -2.35. The standard InChI is InChI=1S/C11H19N3O2/c1-4-14(5-10(16)6-15)11-8(2)9(3)12-7-13-11/h7,10,15-16H,4-6H2,1-3H3/t10-/m0/s1. The summed E-state index contributed by atoms with van der Waals surface area (Å²) in [5, 5.41) is 18.3.